The van der Waals surface area contributed by atoms with Gasteiger partial charge in [0.2, 0.25) is 5.91 Å². The third-order valence-corrected chi connectivity index (χ3v) is 2.91. The first-order valence-corrected chi connectivity index (χ1v) is 5.37. The minimum atomic E-state index is -0.417. The van der Waals surface area contributed by atoms with Crippen molar-refractivity contribution in [1.82, 2.24) is 0 Å². The van der Waals surface area contributed by atoms with E-state index in [1.807, 2.05) is 41.3 Å². The van der Waals surface area contributed by atoms with Gasteiger partial charge in [0, 0.05) is 11.9 Å². The minimum Gasteiger partial charge on any atom is -0.366 e. The highest BCUT2D eigenvalue weighted by atomic mass is 16.1. The number of carbonyl (C=O) groups excluding carboxylic acids is 1. The molecule has 4 nitrogen and oxygen atoms in total. The maximum atomic E-state index is 11.2. The maximum absolute atomic E-state index is 11.2. The van der Waals surface area contributed by atoms with Crippen LogP contribution in [0.1, 0.15) is 5.56 Å². The molecule has 0 aliphatic carbocycles. The summed E-state index contributed by atoms with van der Waals surface area (Å²) in [7, 11) is 0. The number of benzene rings is 1. The van der Waals surface area contributed by atoms with Gasteiger partial charge in [-0.15, -0.1) is 0 Å². The second-order valence-corrected chi connectivity index (χ2v) is 3.98. The van der Waals surface area contributed by atoms with E-state index in [1.165, 1.54) is 0 Å². The van der Waals surface area contributed by atoms with Crippen molar-refractivity contribution in [3.05, 3.63) is 47.7 Å². The van der Waals surface area contributed by atoms with Crippen molar-refractivity contribution < 1.29 is 4.79 Å². The summed E-state index contributed by atoms with van der Waals surface area (Å²) in [6.45, 7) is 0.482. The second kappa shape index (κ2) is 3.59. The highest BCUT2D eigenvalue weighted by Crippen LogP contribution is 2.28. The first-order chi connectivity index (χ1) is 8.25. The van der Waals surface area contributed by atoms with Crippen molar-refractivity contribution in [3.8, 4) is 0 Å². The fourth-order valence-electron chi connectivity index (χ4n) is 2.03. The lowest BCUT2D eigenvalue weighted by Crippen LogP contribution is -2.38. The summed E-state index contributed by atoms with van der Waals surface area (Å²) in [6, 6.07) is 8.00. The summed E-state index contributed by atoms with van der Waals surface area (Å²) < 4.78 is 0. The van der Waals surface area contributed by atoms with E-state index in [2.05, 4.69) is 4.99 Å². The Morgan fingerprint density at radius 3 is 2.94 bits per heavy atom. The number of fused-ring (bicyclic) bond motifs is 3. The molecule has 2 aliphatic rings. The molecule has 3 rings (SSSR count). The molecule has 2 N–H and O–H groups in total. The van der Waals surface area contributed by atoms with E-state index in [1.54, 1.807) is 6.20 Å². The maximum Gasteiger partial charge on any atom is 0.248 e. The molecule has 1 amide bonds. The largest absolute Gasteiger partial charge is 0.366 e. The third-order valence-electron chi connectivity index (χ3n) is 2.91. The second-order valence-electron chi connectivity index (χ2n) is 3.98. The van der Waals surface area contributed by atoms with Crippen LogP contribution in [0.5, 0.6) is 0 Å². The molecule has 0 saturated carbocycles. The van der Waals surface area contributed by atoms with Gasteiger partial charge < -0.3 is 10.6 Å². The van der Waals surface area contributed by atoms with Gasteiger partial charge in [-0.05, 0) is 23.8 Å². The number of nitrogens with two attached hydrogens (primary N) is 1. The molecule has 0 atom stereocenters. The van der Waals surface area contributed by atoms with Gasteiger partial charge in [-0.1, -0.05) is 18.2 Å². The Kier molecular flexibility index (Phi) is 2.08. The van der Waals surface area contributed by atoms with Gasteiger partial charge in [0.25, 0.3) is 0 Å². The van der Waals surface area contributed by atoms with E-state index in [-0.39, 0.29) is 0 Å². The molecule has 0 bridgehead atoms. The molecule has 1 aromatic rings. The average Bonchev–Trinajstić information content (AvgIpc) is 2.38. The van der Waals surface area contributed by atoms with E-state index in [9.17, 15) is 4.79 Å². The number of amidine groups is 1. The molecule has 0 fully saturated rings. The Morgan fingerprint density at radius 1 is 1.29 bits per heavy atom. The summed E-state index contributed by atoms with van der Waals surface area (Å²) in [6.07, 6.45) is 5.51. The molecule has 4 heteroatoms. The minimum absolute atomic E-state index is 0.417. The lowest BCUT2D eigenvalue weighted by atomic mass is 10.1. The normalized spacial score (nSPS) is 16.8. The van der Waals surface area contributed by atoms with Crippen LogP contribution in [0.25, 0.3) is 6.08 Å². The zero-order chi connectivity index (χ0) is 11.8. The van der Waals surface area contributed by atoms with Crippen LogP contribution < -0.4 is 10.6 Å². The molecule has 1 aromatic carbocycles. The first kappa shape index (κ1) is 9.84. The molecule has 0 spiro atoms. The number of rotatable bonds is 1. The number of para-hydroxylation sites is 1. The number of carbonyl (C=O) groups is 1. The van der Waals surface area contributed by atoms with Crippen LogP contribution >= 0.6 is 0 Å². The molecule has 0 radical (unpaired) electrons. The van der Waals surface area contributed by atoms with E-state index in [0.717, 1.165) is 17.1 Å². The molecule has 0 unspecified atom stereocenters. The Morgan fingerprint density at radius 2 is 2.12 bits per heavy atom. The van der Waals surface area contributed by atoms with Crippen LogP contribution in [0.15, 0.2) is 47.1 Å². The quantitative estimate of drug-likeness (QED) is 0.783. The topological polar surface area (TPSA) is 58.7 Å². The van der Waals surface area contributed by atoms with Gasteiger partial charge in [-0.25, -0.2) is 4.99 Å². The highest BCUT2D eigenvalue weighted by molar-refractivity contribution is 6.14. The van der Waals surface area contributed by atoms with Gasteiger partial charge in [0.15, 0.2) is 0 Å². The Bertz CT molecular complexity index is 584. The van der Waals surface area contributed by atoms with Crippen LogP contribution in [0.3, 0.4) is 0 Å². The molecule has 84 valence electrons. The van der Waals surface area contributed by atoms with E-state index < -0.39 is 5.91 Å². The van der Waals surface area contributed by atoms with Crippen molar-refractivity contribution in [1.29, 1.82) is 0 Å². The van der Waals surface area contributed by atoms with Crippen LogP contribution in [0.4, 0.5) is 5.69 Å². The molecule has 2 heterocycles. The SMILES string of the molecule is NC(=O)C1=CN=C2C=Cc3ccccc3N2C1. The Balaban J connectivity index is 2.08. The van der Waals surface area contributed by atoms with Gasteiger partial charge >= 0.3 is 0 Å². The number of amides is 1. The summed E-state index contributed by atoms with van der Waals surface area (Å²) in [5, 5.41) is 0. The average molecular weight is 225 g/mol. The predicted molar refractivity (Wildman–Crippen MR) is 67.5 cm³/mol. The van der Waals surface area contributed by atoms with Crippen molar-refractivity contribution >= 4 is 23.5 Å². The van der Waals surface area contributed by atoms with Gasteiger partial charge in [-0.3, -0.25) is 4.79 Å². The third kappa shape index (κ3) is 1.54. The number of anilines is 1. The molecule has 2 aliphatic heterocycles. The number of primary amides is 1. The zero-order valence-corrected chi connectivity index (χ0v) is 9.13. The lowest BCUT2D eigenvalue weighted by molar-refractivity contribution is -0.114. The fourth-order valence-corrected chi connectivity index (χ4v) is 2.03. The monoisotopic (exact) mass is 225 g/mol. The first-order valence-electron chi connectivity index (χ1n) is 5.37. The summed E-state index contributed by atoms with van der Waals surface area (Å²) in [5.74, 6) is 0.425. The van der Waals surface area contributed by atoms with Crippen LogP contribution in [0, 0.1) is 0 Å². The van der Waals surface area contributed by atoms with E-state index in [0.29, 0.717) is 12.1 Å². The molecule has 0 aromatic heterocycles. The predicted octanol–water partition coefficient (Wildman–Crippen LogP) is 1.30. The standard InChI is InChI=1S/C13H11N3O/c14-13(17)10-7-15-12-6-5-9-3-1-2-4-11(9)16(12)8-10/h1-7H,8H2,(H2,14,17). The van der Waals surface area contributed by atoms with Crippen LogP contribution in [0.2, 0.25) is 0 Å². The molecular weight excluding hydrogens is 214 g/mol. The summed E-state index contributed by atoms with van der Waals surface area (Å²) in [5.41, 5.74) is 7.99. The fraction of sp³-hybridized carbons (Fsp3) is 0.0769. The molecule has 0 saturated heterocycles. The van der Waals surface area contributed by atoms with Crippen LogP contribution in [-0.4, -0.2) is 18.3 Å². The lowest BCUT2D eigenvalue weighted by Gasteiger charge is -2.31. The van der Waals surface area contributed by atoms with E-state index in [4.69, 9.17) is 5.73 Å². The highest BCUT2D eigenvalue weighted by Gasteiger charge is 2.23. The smallest absolute Gasteiger partial charge is 0.248 e. The summed E-state index contributed by atoms with van der Waals surface area (Å²) in [4.78, 5) is 17.4. The van der Waals surface area contributed by atoms with Gasteiger partial charge in [0.1, 0.15) is 5.84 Å². The number of aliphatic imine (C=N–C) groups is 1. The van der Waals surface area contributed by atoms with Crippen molar-refractivity contribution in [2.75, 3.05) is 11.4 Å². The van der Waals surface area contributed by atoms with Crippen molar-refractivity contribution in [2.24, 2.45) is 10.7 Å². The molecule has 17 heavy (non-hydrogen) atoms. The number of hydrogen-bond donors (Lipinski definition) is 1. The summed E-state index contributed by atoms with van der Waals surface area (Å²) >= 11 is 0. The Labute approximate surface area is 98.8 Å². The van der Waals surface area contributed by atoms with E-state index >= 15 is 0 Å². The van der Waals surface area contributed by atoms with Crippen molar-refractivity contribution in [2.45, 2.75) is 0 Å². The molecular formula is C13H11N3O. The zero-order valence-electron chi connectivity index (χ0n) is 9.13. The van der Waals surface area contributed by atoms with Crippen LogP contribution in [-0.2, 0) is 4.79 Å². The van der Waals surface area contributed by atoms with Gasteiger partial charge in [0.05, 0.1) is 12.1 Å². The van der Waals surface area contributed by atoms with Crippen molar-refractivity contribution in [3.63, 3.8) is 0 Å². The van der Waals surface area contributed by atoms with Gasteiger partial charge in [-0.2, -0.15) is 0 Å². The Hall–Kier alpha value is -2.36. The number of hydrogen-bond acceptors (Lipinski definition) is 3. The number of nitrogens with zero attached hydrogens (tertiary/aromatic N) is 2.